The molecular formula is C16H18N4O3. The van der Waals surface area contributed by atoms with Crippen molar-refractivity contribution in [3.63, 3.8) is 0 Å². The zero-order valence-corrected chi connectivity index (χ0v) is 12.7. The summed E-state index contributed by atoms with van der Waals surface area (Å²) in [6, 6.07) is 8.85. The average molecular weight is 314 g/mol. The first-order valence-corrected chi connectivity index (χ1v) is 7.74. The van der Waals surface area contributed by atoms with Gasteiger partial charge in [-0.3, -0.25) is 9.69 Å². The zero-order chi connectivity index (χ0) is 15.8. The van der Waals surface area contributed by atoms with Gasteiger partial charge >= 0.3 is 0 Å². The number of morpholine rings is 1. The largest absolute Gasteiger partial charge is 0.493 e. The zero-order valence-electron chi connectivity index (χ0n) is 12.7. The van der Waals surface area contributed by atoms with E-state index in [0.29, 0.717) is 12.3 Å². The van der Waals surface area contributed by atoms with Crippen LogP contribution >= 0.6 is 0 Å². The highest BCUT2D eigenvalue weighted by Crippen LogP contribution is 2.19. The van der Waals surface area contributed by atoms with Gasteiger partial charge in [-0.1, -0.05) is 12.1 Å². The van der Waals surface area contributed by atoms with E-state index in [-0.39, 0.29) is 11.4 Å². The molecule has 4 rings (SSSR count). The molecule has 1 N–H and O–H groups in total. The second-order valence-electron chi connectivity index (χ2n) is 5.68. The molecule has 1 fully saturated rings. The Labute approximate surface area is 132 Å². The number of para-hydroxylation sites is 2. The van der Waals surface area contributed by atoms with Gasteiger partial charge in [0.05, 0.1) is 30.3 Å². The first-order chi connectivity index (χ1) is 11.2. The number of aromatic hydroxyl groups is 1. The van der Waals surface area contributed by atoms with Gasteiger partial charge in [-0.25, -0.2) is 4.40 Å². The van der Waals surface area contributed by atoms with Crippen LogP contribution in [-0.4, -0.2) is 56.8 Å². The second kappa shape index (κ2) is 5.68. The van der Waals surface area contributed by atoms with E-state index >= 15 is 0 Å². The Morgan fingerprint density at radius 2 is 1.87 bits per heavy atom. The third-order valence-corrected chi connectivity index (χ3v) is 4.29. The van der Waals surface area contributed by atoms with Gasteiger partial charge in [0.15, 0.2) is 0 Å². The Balaban J connectivity index is 1.81. The molecule has 1 saturated heterocycles. The molecule has 0 spiro atoms. The lowest BCUT2D eigenvalue weighted by molar-refractivity contribution is 0.0366. The summed E-state index contributed by atoms with van der Waals surface area (Å²) in [5.74, 6) is 0.231. The van der Waals surface area contributed by atoms with Crippen LogP contribution in [0, 0.1) is 0 Å². The van der Waals surface area contributed by atoms with Gasteiger partial charge in [-0.05, 0) is 12.1 Å². The average Bonchev–Trinajstić information content (AvgIpc) is 2.87. The molecule has 7 nitrogen and oxygen atoms in total. The second-order valence-corrected chi connectivity index (χ2v) is 5.68. The minimum Gasteiger partial charge on any atom is -0.493 e. The molecule has 1 aliphatic heterocycles. The van der Waals surface area contributed by atoms with Crippen molar-refractivity contribution < 1.29 is 9.84 Å². The Hall–Kier alpha value is -2.38. The van der Waals surface area contributed by atoms with Crippen LogP contribution in [0.2, 0.25) is 0 Å². The monoisotopic (exact) mass is 314 g/mol. The molecule has 0 atom stereocenters. The summed E-state index contributed by atoms with van der Waals surface area (Å²) in [7, 11) is 0. The molecule has 7 heteroatoms. The first-order valence-electron chi connectivity index (χ1n) is 7.74. The number of nitrogens with zero attached hydrogens (tertiary/aromatic N) is 4. The van der Waals surface area contributed by atoms with Crippen LogP contribution in [0.5, 0.6) is 5.88 Å². The summed E-state index contributed by atoms with van der Waals surface area (Å²) in [4.78, 5) is 18.8. The highest BCUT2D eigenvalue weighted by Gasteiger charge is 2.16. The van der Waals surface area contributed by atoms with Gasteiger partial charge in [0, 0.05) is 26.2 Å². The number of benzene rings is 1. The van der Waals surface area contributed by atoms with Crippen molar-refractivity contribution in [1.82, 2.24) is 18.9 Å². The smallest absolute Gasteiger partial charge is 0.263 e. The van der Waals surface area contributed by atoms with Crippen molar-refractivity contribution in [2.45, 2.75) is 6.54 Å². The van der Waals surface area contributed by atoms with Crippen LogP contribution < -0.4 is 5.56 Å². The summed E-state index contributed by atoms with van der Waals surface area (Å²) in [6.45, 7) is 4.89. The number of aromatic nitrogens is 3. The van der Waals surface area contributed by atoms with E-state index in [1.807, 2.05) is 28.8 Å². The van der Waals surface area contributed by atoms with E-state index in [9.17, 15) is 9.90 Å². The first kappa shape index (κ1) is 14.2. The Morgan fingerprint density at radius 3 is 2.65 bits per heavy atom. The number of imidazole rings is 1. The van der Waals surface area contributed by atoms with E-state index in [4.69, 9.17) is 4.74 Å². The SMILES string of the molecule is O=c1cc(O)nc2n(CCN3CCOCC3)c3ccccc3n12. The fourth-order valence-corrected chi connectivity index (χ4v) is 3.14. The van der Waals surface area contributed by atoms with E-state index in [1.54, 1.807) is 4.40 Å². The van der Waals surface area contributed by atoms with Gasteiger partial charge in [0.1, 0.15) is 0 Å². The molecule has 2 aromatic heterocycles. The highest BCUT2D eigenvalue weighted by molar-refractivity contribution is 5.80. The molecule has 0 saturated carbocycles. The molecule has 3 aromatic rings. The predicted molar refractivity (Wildman–Crippen MR) is 85.9 cm³/mol. The fraction of sp³-hybridized carbons (Fsp3) is 0.375. The molecule has 0 bridgehead atoms. The molecular weight excluding hydrogens is 296 g/mol. The molecule has 120 valence electrons. The lowest BCUT2D eigenvalue weighted by atomic mass is 10.3. The van der Waals surface area contributed by atoms with Crippen molar-refractivity contribution in [2.24, 2.45) is 0 Å². The topological polar surface area (TPSA) is 72.0 Å². The van der Waals surface area contributed by atoms with Crippen LogP contribution in [0.3, 0.4) is 0 Å². The van der Waals surface area contributed by atoms with E-state index < -0.39 is 0 Å². The maximum Gasteiger partial charge on any atom is 0.263 e. The van der Waals surface area contributed by atoms with Crippen LogP contribution in [0.4, 0.5) is 0 Å². The van der Waals surface area contributed by atoms with Crippen molar-refractivity contribution in [1.29, 1.82) is 0 Å². The summed E-state index contributed by atoms with van der Waals surface area (Å²) in [5.41, 5.74) is 1.48. The third-order valence-electron chi connectivity index (χ3n) is 4.29. The lowest BCUT2D eigenvalue weighted by Gasteiger charge is -2.26. The molecule has 0 unspecified atom stereocenters. The maximum absolute atomic E-state index is 12.3. The van der Waals surface area contributed by atoms with Crippen LogP contribution in [0.15, 0.2) is 35.1 Å². The van der Waals surface area contributed by atoms with Crippen LogP contribution in [-0.2, 0) is 11.3 Å². The molecule has 3 heterocycles. The third kappa shape index (κ3) is 2.47. The number of hydrogen-bond acceptors (Lipinski definition) is 5. The lowest BCUT2D eigenvalue weighted by Crippen LogP contribution is -2.38. The summed E-state index contributed by atoms with van der Waals surface area (Å²) < 4.78 is 8.91. The van der Waals surface area contributed by atoms with Gasteiger partial charge < -0.3 is 14.4 Å². The van der Waals surface area contributed by atoms with Crippen molar-refractivity contribution in [2.75, 3.05) is 32.8 Å². The molecule has 23 heavy (non-hydrogen) atoms. The van der Waals surface area contributed by atoms with Crippen LogP contribution in [0.25, 0.3) is 16.8 Å². The van der Waals surface area contributed by atoms with Gasteiger partial charge in [-0.2, -0.15) is 4.98 Å². The Bertz CT molecular complexity index is 909. The normalized spacial score (nSPS) is 16.3. The Kier molecular flexibility index (Phi) is 3.51. The summed E-state index contributed by atoms with van der Waals surface area (Å²) in [6.07, 6.45) is 0. The van der Waals surface area contributed by atoms with Crippen LogP contribution in [0.1, 0.15) is 0 Å². The van der Waals surface area contributed by atoms with Crippen molar-refractivity contribution in [3.05, 3.63) is 40.7 Å². The maximum atomic E-state index is 12.3. The molecule has 0 radical (unpaired) electrons. The summed E-state index contributed by atoms with van der Waals surface area (Å²) >= 11 is 0. The molecule has 1 aromatic carbocycles. The molecule has 1 aliphatic rings. The quantitative estimate of drug-likeness (QED) is 0.770. The standard InChI is InChI=1S/C16H18N4O3/c21-14-11-15(22)20-13-4-2-1-3-12(13)19(16(20)17-14)6-5-18-7-9-23-10-8-18/h1-4,11,21H,5-10H2. The number of ether oxygens (including phenoxy) is 1. The van der Waals surface area contributed by atoms with Crippen molar-refractivity contribution in [3.8, 4) is 5.88 Å². The molecule has 0 aliphatic carbocycles. The number of hydrogen-bond donors (Lipinski definition) is 1. The van der Waals surface area contributed by atoms with Gasteiger partial charge in [-0.15, -0.1) is 0 Å². The van der Waals surface area contributed by atoms with Crippen molar-refractivity contribution >= 4 is 16.8 Å². The van der Waals surface area contributed by atoms with E-state index in [2.05, 4.69) is 9.88 Å². The molecule has 0 amide bonds. The minimum absolute atomic E-state index is 0.245. The number of rotatable bonds is 3. The fourth-order valence-electron chi connectivity index (χ4n) is 3.14. The van der Waals surface area contributed by atoms with E-state index in [0.717, 1.165) is 49.9 Å². The van der Waals surface area contributed by atoms with Gasteiger partial charge in [0.25, 0.3) is 5.56 Å². The number of fused-ring (bicyclic) bond motifs is 3. The predicted octanol–water partition coefficient (Wildman–Crippen LogP) is 0.687. The summed E-state index contributed by atoms with van der Waals surface area (Å²) in [5, 5.41) is 9.71. The highest BCUT2D eigenvalue weighted by atomic mass is 16.5. The van der Waals surface area contributed by atoms with E-state index in [1.165, 1.54) is 0 Å². The Morgan fingerprint density at radius 1 is 1.13 bits per heavy atom. The minimum atomic E-state index is -0.270. The van der Waals surface area contributed by atoms with Gasteiger partial charge in [0.2, 0.25) is 11.7 Å².